The number of aryl methyl sites for hydroxylation is 1. The zero-order valence-electron chi connectivity index (χ0n) is 17.3. The van der Waals surface area contributed by atoms with Gasteiger partial charge in [0.05, 0.1) is 24.2 Å². The molecule has 0 spiro atoms. The van der Waals surface area contributed by atoms with E-state index in [4.69, 9.17) is 4.74 Å². The maximum absolute atomic E-state index is 11.9. The number of nitrogens with one attached hydrogen (secondary N) is 2. The van der Waals surface area contributed by atoms with Gasteiger partial charge in [-0.15, -0.1) is 11.8 Å². The topological polar surface area (TPSA) is 111 Å². The summed E-state index contributed by atoms with van der Waals surface area (Å²) in [6, 6.07) is 14.0. The largest absolute Gasteiger partial charge is 0.465 e. The second-order valence-corrected chi connectivity index (χ2v) is 7.52. The van der Waals surface area contributed by atoms with Crippen LogP contribution in [0.1, 0.15) is 21.5 Å². The number of thioether (sulfide) groups is 1. The van der Waals surface area contributed by atoms with Gasteiger partial charge in [-0.3, -0.25) is 14.4 Å². The van der Waals surface area contributed by atoms with E-state index in [-0.39, 0.29) is 24.0 Å². The third-order valence-electron chi connectivity index (χ3n) is 4.02. The second kappa shape index (κ2) is 12.4. The van der Waals surface area contributed by atoms with Gasteiger partial charge in [-0.2, -0.15) is 0 Å². The molecule has 0 aliphatic carbocycles. The van der Waals surface area contributed by atoms with Crippen LogP contribution in [0.4, 0.5) is 5.69 Å². The Hall–Kier alpha value is -3.33. The van der Waals surface area contributed by atoms with E-state index in [9.17, 15) is 19.2 Å². The minimum Gasteiger partial charge on any atom is -0.465 e. The van der Waals surface area contributed by atoms with Gasteiger partial charge in [0, 0.05) is 12.2 Å². The highest BCUT2D eigenvalue weighted by Gasteiger charge is 2.10. The number of rotatable bonds is 10. The molecule has 31 heavy (non-hydrogen) atoms. The zero-order valence-corrected chi connectivity index (χ0v) is 18.1. The highest BCUT2D eigenvalue weighted by Crippen LogP contribution is 2.10. The van der Waals surface area contributed by atoms with Crippen LogP contribution in [-0.4, -0.2) is 49.0 Å². The van der Waals surface area contributed by atoms with Gasteiger partial charge in [0.1, 0.15) is 0 Å². The number of amides is 2. The van der Waals surface area contributed by atoms with Crippen LogP contribution in [0.3, 0.4) is 0 Å². The molecular weight excluding hydrogens is 420 g/mol. The molecule has 0 aliphatic rings. The predicted molar refractivity (Wildman–Crippen MR) is 118 cm³/mol. The van der Waals surface area contributed by atoms with E-state index in [1.807, 2.05) is 19.1 Å². The molecule has 0 aromatic heterocycles. The normalized spacial score (nSPS) is 10.1. The first-order valence-corrected chi connectivity index (χ1v) is 10.6. The van der Waals surface area contributed by atoms with E-state index >= 15 is 0 Å². The number of carbonyl (C=O) groups is 4. The minimum absolute atomic E-state index is 0.0381. The molecule has 0 bridgehead atoms. The third kappa shape index (κ3) is 8.91. The second-order valence-electron chi connectivity index (χ2n) is 6.53. The number of hydrogen-bond acceptors (Lipinski definition) is 7. The predicted octanol–water partition coefficient (Wildman–Crippen LogP) is 2.31. The van der Waals surface area contributed by atoms with E-state index in [2.05, 4.69) is 15.4 Å². The zero-order chi connectivity index (χ0) is 22.6. The Balaban J connectivity index is 1.60. The van der Waals surface area contributed by atoms with Crippen molar-refractivity contribution in [2.24, 2.45) is 0 Å². The molecule has 0 heterocycles. The van der Waals surface area contributed by atoms with Crippen LogP contribution < -0.4 is 10.6 Å². The molecule has 9 heteroatoms. The first-order valence-electron chi connectivity index (χ1n) is 9.41. The molecule has 0 atom stereocenters. The number of ether oxygens (including phenoxy) is 2. The smallest absolute Gasteiger partial charge is 0.337 e. The van der Waals surface area contributed by atoms with Gasteiger partial charge in [0.25, 0.3) is 5.91 Å². The van der Waals surface area contributed by atoms with Gasteiger partial charge in [-0.05, 0) is 36.8 Å². The maximum Gasteiger partial charge on any atom is 0.337 e. The van der Waals surface area contributed by atoms with Gasteiger partial charge in [0.2, 0.25) is 5.91 Å². The van der Waals surface area contributed by atoms with Gasteiger partial charge in [0.15, 0.2) is 6.61 Å². The summed E-state index contributed by atoms with van der Waals surface area (Å²) in [5.74, 6) is -1.64. The number of anilines is 1. The van der Waals surface area contributed by atoms with E-state index in [1.165, 1.54) is 7.11 Å². The van der Waals surface area contributed by atoms with Crippen molar-refractivity contribution in [2.75, 3.05) is 30.5 Å². The quantitative estimate of drug-likeness (QED) is 0.541. The highest BCUT2D eigenvalue weighted by atomic mass is 32.2. The molecule has 0 saturated carbocycles. The van der Waals surface area contributed by atoms with Crippen LogP contribution in [0.25, 0.3) is 0 Å². The molecule has 0 saturated heterocycles. The van der Waals surface area contributed by atoms with Crippen molar-refractivity contribution >= 4 is 41.2 Å². The number of methoxy groups -OCH3 is 1. The summed E-state index contributed by atoms with van der Waals surface area (Å²) in [4.78, 5) is 46.8. The molecule has 2 aromatic rings. The molecular formula is C22H24N2O6S. The van der Waals surface area contributed by atoms with Gasteiger partial charge in [-0.1, -0.05) is 29.8 Å². The van der Waals surface area contributed by atoms with Crippen molar-refractivity contribution < 1.29 is 28.7 Å². The Morgan fingerprint density at radius 2 is 1.58 bits per heavy atom. The summed E-state index contributed by atoms with van der Waals surface area (Å²) >= 11 is 1.10. The van der Waals surface area contributed by atoms with E-state index in [0.29, 0.717) is 11.3 Å². The fourth-order valence-electron chi connectivity index (χ4n) is 2.38. The molecule has 2 rings (SSSR count). The van der Waals surface area contributed by atoms with Crippen molar-refractivity contribution in [1.82, 2.24) is 5.32 Å². The molecule has 2 aromatic carbocycles. The highest BCUT2D eigenvalue weighted by molar-refractivity contribution is 8.00. The van der Waals surface area contributed by atoms with Crippen LogP contribution in [0, 0.1) is 6.92 Å². The van der Waals surface area contributed by atoms with Crippen molar-refractivity contribution in [1.29, 1.82) is 0 Å². The average molecular weight is 445 g/mol. The van der Waals surface area contributed by atoms with Crippen LogP contribution in [0.2, 0.25) is 0 Å². The van der Waals surface area contributed by atoms with E-state index in [0.717, 1.165) is 22.9 Å². The van der Waals surface area contributed by atoms with Crippen molar-refractivity contribution in [2.45, 2.75) is 13.5 Å². The molecule has 0 unspecified atom stereocenters. The molecule has 0 radical (unpaired) electrons. The summed E-state index contributed by atoms with van der Waals surface area (Å²) in [6.45, 7) is 1.78. The van der Waals surface area contributed by atoms with Crippen LogP contribution in [0.15, 0.2) is 48.5 Å². The number of carbonyl (C=O) groups excluding carboxylic acids is 4. The maximum atomic E-state index is 11.9. The molecule has 2 amide bonds. The van der Waals surface area contributed by atoms with Crippen molar-refractivity contribution in [3.63, 3.8) is 0 Å². The first kappa shape index (κ1) is 23.9. The number of esters is 2. The lowest BCUT2D eigenvalue weighted by Crippen LogP contribution is -2.28. The molecule has 164 valence electrons. The first-order chi connectivity index (χ1) is 14.9. The van der Waals surface area contributed by atoms with Crippen LogP contribution in [0.5, 0.6) is 0 Å². The molecule has 2 N–H and O–H groups in total. The summed E-state index contributed by atoms with van der Waals surface area (Å²) in [6.07, 6.45) is 0. The Morgan fingerprint density at radius 3 is 2.23 bits per heavy atom. The van der Waals surface area contributed by atoms with Gasteiger partial charge in [-0.25, -0.2) is 4.79 Å². The fraction of sp³-hybridized carbons (Fsp3) is 0.273. The van der Waals surface area contributed by atoms with E-state index < -0.39 is 24.5 Å². The van der Waals surface area contributed by atoms with Crippen LogP contribution in [-0.2, 0) is 30.4 Å². The van der Waals surface area contributed by atoms with E-state index in [1.54, 1.807) is 36.4 Å². The summed E-state index contributed by atoms with van der Waals surface area (Å²) in [5, 5.41) is 5.36. The minimum atomic E-state index is -0.578. The monoisotopic (exact) mass is 444 g/mol. The standard InChI is InChI=1S/C22H24N2O6S/c1-15-3-9-18(10-4-15)24-20(26)13-31-14-21(27)30-12-19(25)23-11-16-5-7-17(8-6-16)22(28)29-2/h3-10H,11-14H2,1-2H3,(H,23,25)(H,24,26). The Morgan fingerprint density at radius 1 is 0.903 bits per heavy atom. The SMILES string of the molecule is COC(=O)c1ccc(CNC(=O)COC(=O)CSCC(=O)Nc2ccc(C)cc2)cc1. The third-order valence-corrected chi connectivity index (χ3v) is 4.92. The Kier molecular flexibility index (Phi) is 9.57. The van der Waals surface area contributed by atoms with Crippen molar-refractivity contribution in [3.8, 4) is 0 Å². The summed E-state index contributed by atoms with van der Waals surface area (Å²) in [7, 11) is 1.30. The summed E-state index contributed by atoms with van der Waals surface area (Å²) < 4.78 is 9.53. The average Bonchev–Trinajstić information content (AvgIpc) is 2.77. The lowest BCUT2D eigenvalue weighted by Gasteiger charge is -2.08. The lowest BCUT2D eigenvalue weighted by atomic mass is 10.1. The van der Waals surface area contributed by atoms with Crippen molar-refractivity contribution in [3.05, 3.63) is 65.2 Å². The molecule has 8 nitrogen and oxygen atoms in total. The Labute approximate surface area is 184 Å². The van der Waals surface area contributed by atoms with Gasteiger partial charge >= 0.3 is 11.9 Å². The number of benzene rings is 2. The fourth-order valence-corrected chi connectivity index (χ4v) is 2.99. The van der Waals surface area contributed by atoms with Crippen LogP contribution >= 0.6 is 11.8 Å². The molecule has 0 fully saturated rings. The molecule has 0 aliphatic heterocycles. The summed E-state index contributed by atoms with van der Waals surface area (Å²) in [5.41, 5.74) is 2.98. The number of hydrogen-bond donors (Lipinski definition) is 2. The van der Waals surface area contributed by atoms with Gasteiger partial charge < -0.3 is 20.1 Å². The lowest BCUT2D eigenvalue weighted by molar-refractivity contribution is -0.145. The Bertz CT molecular complexity index is 913.